The van der Waals surface area contributed by atoms with Gasteiger partial charge in [-0.25, -0.2) is 10.1 Å². The topological polar surface area (TPSA) is 89.5 Å². The van der Waals surface area contributed by atoms with Gasteiger partial charge in [0, 0.05) is 0 Å². The van der Waals surface area contributed by atoms with Crippen LogP contribution in [0.2, 0.25) is 0 Å². The number of nitro groups is 1. The first-order valence-corrected chi connectivity index (χ1v) is 5.72. The van der Waals surface area contributed by atoms with Crippen LogP contribution < -0.4 is 10.7 Å². The van der Waals surface area contributed by atoms with Crippen molar-refractivity contribution in [3.63, 3.8) is 0 Å². The summed E-state index contributed by atoms with van der Waals surface area (Å²) in [5.41, 5.74) is 5.91. The van der Waals surface area contributed by atoms with Gasteiger partial charge in [-0.1, -0.05) is 32.0 Å². The number of carbonyl (C=O) groups is 1. The molecule has 1 atom stereocenters. The number of hydrazine groups is 1. The first-order chi connectivity index (χ1) is 8.43. The van der Waals surface area contributed by atoms with Gasteiger partial charge in [-0.3, -0.25) is 4.79 Å². The van der Waals surface area contributed by atoms with E-state index in [0.29, 0.717) is 11.4 Å². The van der Waals surface area contributed by atoms with Crippen molar-refractivity contribution in [2.75, 3.05) is 5.01 Å². The maximum Gasteiger partial charge on any atom is 0.306 e. The lowest BCUT2D eigenvalue weighted by Crippen LogP contribution is -2.47. The largest absolute Gasteiger partial charge is 0.320 e. The van der Waals surface area contributed by atoms with Crippen molar-refractivity contribution in [3.8, 4) is 0 Å². The second-order valence-corrected chi connectivity index (χ2v) is 4.46. The fourth-order valence-electron chi connectivity index (χ4n) is 1.64. The van der Waals surface area contributed by atoms with Crippen LogP contribution in [0.25, 0.3) is 0 Å². The molecule has 0 saturated heterocycles. The molecule has 1 aromatic carbocycles. The molecule has 0 unspecified atom stereocenters. The van der Waals surface area contributed by atoms with Crippen molar-refractivity contribution < 1.29 is 9.83 Å². The Hall–Kier alpha value is -1.95. The quantitative estimate of drug-likeness (QED) is 0.635. The van der Waals surface area contributed by atoms with E-state index in [4.69, 9.17) is 5.73 Å². The molecule has 0 aromatic heterocycles. The summed E-state index contributed by atoms with van der Waals surface area (Å²) in [6.07, 6.45) is 0.413. The van der Waals surface area contributed by atoms with Crippen molar-refractivity contribution in [2.45, 2.75) is 26.3 Å². The van der Waals surface area contributed by atoms with Crippen molar-refractivity contribution in [1.82, 2.24) is 0 Å². The lowest BCUT2D eigenvalue weighted by atomic mass is 10.0. The van der Waals surface area contributed by atoms with E-state index >= 15 is 0 Å². The maximum absolute atomic E-state index is 12.0. The molecule has 18 heavy (non-hydrogen) atoms. The van der Waals surface area contributed by atoms with E-state index in [1.54, 1.807) is 18.2 Å². The Morgan fingerprint density at radius 2 is 1.94 bits per heavy atom. The van der Waals surface area contributed by atoms with Gasteiger partial charge in [-0.15, -0.1) is 0 Å². The molecule has 0 heterocycles. The monoisotopic (exact) mass is 251 g/mol. The highest BCUT2D eigenvalue weighted by Crippen LogP contribution is 2.16. The van der Waals surface area contributed by atoms with Crippen LogP contribution in [-0.4, -0.2) is 17.0 Å². The van der Waals surface area contributed by atoms with Gasteiger partial charge in [0.2, 0.25) is 0 Å². The van der Waals surface area contributed by atoms with Crippen LogP contribution in [0.5, 0.6) is 0 Å². The zero-order valence-corrected chi connectivity index (χ0v) is 10.4. The summed E-state index contributed by atoms with van der Waals surface area (Å²) in [4.78, 5) is 23.0. The highest BCUT2D eigenvalue weighted by Gasteiger charge is 2.31. The summed E-state index contributed by atoms with van der Waals surface area (Å²) >= 11 is 0. The molecule has 0 spiro atoms. The predicted octanol–water partition coefficient (Wildman–Crippen LogP) is 1.58. The first kappa shape index (κ1) is 14.1. The molecular weight excluding hydrogens is 234 g/mol. The number of carbonyl (C=O) groups excluding carboxylic acids is 1. The van der Waals surface area contributed by atoms with E-state index in [9.17, 15) is 14.9 Å². The van der Waals surface area contributed by atoms with Crippen molar-refractivity contribution >= 4 is 11.6 Å². The predicted molar refractivity (Wildman–Crippen MR) is 68.4 cm³/mol. The van der Waals surface area contributed by atoms with Crippen molar-refractivity contribution in [1.29, 1.82) is 0 Å². The van der Waals surface area contributed by atoms with Gasteiger partial charge in [0.15, 0.2) is 5.03 Å². The maximum atomic E-state index is 12.0. The normalized spacial score (nSPS) is 12.2. The molecule has 0 aliphatic heterocycles. The number of amides is 1. The average molecular weight is 251 g/mol. The molecule has 6 nitrogen and oxygen atoms in total. The second kappa shape index (κ2) is 6.11. The first-order valence-electron chi connectivity index (χ1n) is 5.72. The van der Waals surface area contributed by atoms with Gasteiger partial charge in [0.05, 0.1) is 6.04 Å². The molecule has 0 aliphatic carbocycles. The number of para-hydroxylation sites is 1. The molecule has 0 aliphatic rings. The minimum Gasteiger partial charge on any atom is -0.320 e. The van der Waals surface area contributed by atoms with Crippen LogP contribution >= 0.6 is 0 Å². The van der Waals surface area contributed by atoms with Crippen LogP contribution in [0.1, 0.15) is 20.3 Å². The summed E-state index contributed by atoms with van der Waals surface area (Å²) in [6, 6.07) is 7.13. The molecule has 1 aromatic rings. The Morgan fingerprint density at radius 3 is 2.39 bits per heavy atom. The molecule has 1 amide bonds. The zero-order chi connectivity index (χ0) is 13.7. The fourth-order valence-corrected chi connectivity index (χ4v) is 1.64. The number of anilines is 1. The molecule has 1 rings (SSSR count). The Morgan fingerprint density at radius 1 is 1.39 bits per heavy atom. The van der Waals surface area contributed by atoms with Crippen molar-refractivity contribution in [3.05, 3.63) is 40.4 Å². The standard InChI is InChI=1S/C12H17N3O3/c1-9(2)8-11(13)12(16)14(15(17)18)10-6-4-3-5-7-10/h3-7,9,11H,8,13H2,1-2H3/t11-/m0/s1. The van der Waals surface area contributed by atoms with E-state index in [1.807, 2.05) is 13.8 Å². The average Bonchev–Trinajstić information content (AvgIpc) is 2.29. The number of benzene rings is 1. The minimum atomic E-state index is -0.865. The van der Waals surface area contributed by atoms with Gasteiger partial charge in [0.25, 0.3) is 0 Å². The fraction of sp³-hybridized carbons (Fsp3) is 0.417. The second-order valence-electron chi connectivity index (χ2n) is 4.46. The molecule has 0 radical (unpaired) electrons. The molecule has 0 bridgehead atoms. The van der Waals surface area contributed by atoms with Gasteiger partial charge >= 0.3 is 5.91 Å². The van der Waals surface area contributed by atoms with Crippen LogP contribution in [0.3, 0.4) is 0 Å². The van der Waals surface area contributed by atoms with E-state index < -0.39 is 17.0 Å². The third kappa shape index (κ3) is 3.53. The highest BCUT2D eigenvalue weighted by atomic mass is 16.7. The summed E-state index contributed by atoms with van der Waals surface area (Å²) in [5, 5.41) is 10.8. The third-order valence-electron chi connectivity index (χ3n) is 2.42. The summed E-state index contributed by atoms with van der Waals surface area (Å²) in [7, 11) is 0. The van der Waals surface area contributed by atoms with Crippen LogP contribution in [0.15, 0.2) is 30.3 Å². The SMILES string of the molecule is CC(C)C[C@H](N)C(=O)N(c1ccccc1)[N+](=O)[O-]. The lowest BCUT2D eigenvalue weighted by Gasteiger charge is -2.17. The minimum absolute atomic E-state index is 0.202. The summed E-state index contributed by atoms with van der Waals surface area (Å²) in [6.45, 7) is 3.82. The Labute approximate surface area is 106 Å². The number of rotatable bonds is 5. The van der Waals surface area contributed by atoms with Crippen molar-refractivity contribution in [2.24, 2.45) is 11.7 Å². The zero-order valence-electron chi connectivity index (χ0n) is 10.4. The highest BCUT2D eigenvalue weighted by molar-refractivity contribution is 5.94. The molecular formula is C12H17N3O3. The summed E-state index contributed by atoms with van der Waals surface area (Å²) in [5.74, 6) is -0.492. The number of hydrogen-bond acceptors (Lipinski definition) is 4. The van der Waals surface area contributed by atoms with E-state index in [1.165, 1.54) is 12.1 Å². The Balaban J connectivity index is 2.93. The van der Waals surface area contributed by atoms with Gasteiger partial charge in [-0.2, -0.15) is 0 Å². The van der Waals surface area contributed by atoms with Crippen LogP contribution in [0.4, 0.5) is 5.69 Å². The lowest BCUT2D eigenvalue weighted by molar-refractivity contribution is -0.484. The van der Waals surface area contributed by atoms with Gasteiger partial charge in [0.1, 0.15) is 5.69 Å². The number of nitrogens with two attached hydrogens (primary N) is 1. The molecule has 2 N–H and O–H groups in total. The summed E-state index contributed by atoms with van der Waals surface area (Å²) < 4.78 is 0. The van der Waals surface area contributed by atoms with Crippen LogP contribution in [0, 0.1) is 16.0 Å². The molecule has 98 valence electrons. The smallest absolute Gasteiger partial charge is 0.306 e. The molecule has 0 fully saturated rings. The third-order valence-corrected chi connectivity index (χ3v) is 2.42. The van der Waals surface area contributed by atoms with Gasteiger partial charge < -0.3 is 5.73 Å². The van der Waals surface area contributed by atoms with E-state index in [0.717, 1.165) is 0 Å². The van der Waals surface area contributed by atoms with E-state index in [2.05, 4.69) is 0 Å². The van der Waals surface area contributed by atoms with E-state index in [-0.39, 0.29) is 11.6 Å². The molecule has 0 saturated carbocycles. The molecule has 6 heteroatoms. The van der Waals surface area contributed by atoms with Gasteiger partial charge in [-0.05, 0) is 29.5 Å². The number of hydrogen-bond donors (Lipinski definition) is 1. The Bertz CT molecular complexity index is 420. The Kier molecular flexibility index (Phi) is 4.79. The van der Waals surface area contributed by atoms with Crippen LogP contribution in [-0.2, 0) is 4.79 Å². The number of nitrogens with zero attached hydrogens (tertiary/aromatic N) is 2.